The van der Waals surface area contributed by atoms with Crippen LogP contribution in [-0.4, -0.2) is 21.9 Å². The van der Waals surface area contributed by atoms with Gasteiger partial charge in [-0.1, -0.05) is 18.6 Å². The molecule has 1 amide bonds. The van der Waals surface area contributed by atoms with Crippen LogP contribution >= 0.6 is 24.0 Å². The molecule has 6 heteroatoms. The molecule has 0 saturated carbocycles. The zero-order chi connectivity index (χ0) is 13.8. The Morgan fingerprint density at radius 2 is 2.26 bits per heavy atom. The van der Waals surface area contributed by atoms with Gasteiger partial charge in [-0.25, -0.2) is 4.39 Å². The van der Waals surface area contributed by atoms with Gasteiger partial charge in [0.25, 0.3) is 0 Å². The number of thioether (sulfide) groups is 1. The first kappa shape index (κ1) is 14.3. The van der Waals surface area contributed by atoms with Crippen LogP contribution in [0.1, 0.15) is 24.8 Å². The van der Waals surface area contributed by atoms with Crippen molar-refractivity contribution in [3.05, 3.63) is 29.6 Å². The number of nitrogens with two attached hydrogens (primary N) is 1. The molecule has 102 valence electrons. The van der Waals surface area contributed by atoms with Crippen LogP contribution in [0.4, 0.5) is 10.1 Å². The number of carbonyl (C=O) groups excluding carboxylic acids is 1. The summed E-state index contributed by atoms with van der Waals surface area (Å²) in [5, 5.41) is 2.75. The molecule has 1 atom stereocenters. The van der Waals surface area contributed by atoms with E-state index in [-0.39, 0.29) is 16.1 Å². The molecule has 1 fully saturated rings. The van der Waals surface area contributed by atoms with Crippen LogP contribution in [0.5, 0.6) is 0 Å². The molecule has 1 heterocycles. The maximum atomic E-state index is 13.2. The minimum Gasteiger partial charge on any atom is -0.389 e. The molecular weight excluding hydrogens is 283 g/mol. The summed E-state index contributed by atoms with van der Waals surface area (Å²) >= 11 is 6.53. The second-order valence-electron chi connectivity index (χ2n) is 4.40. The number of thiocarbonyl (C=S) groups is 1. The number of rotatable bonds is 3. The molecule has 0 radical (unpaired) electrons. The van der Waals surface area contributed by atoms with Crippen LogP contribution in [0.25, 0.3) is 0 Å². The lowest BCUT2D eigenvalue weighted by molar-refractivity contribution is -0.115. The third-order valence-electron chi connectivity index (χ3n) is 2.98. The van der Waals surface area contributed by atoms with Gasteiger partial charge in [-0.05, 0) is 36.8 Å². The Labute approximate surface area is 121 Å². The van der Waals surface area contributed by atoms with Crippen molar-refractivity contribution in [3.63, 3.8) is 0 Å². The Kier molecular flexibility index (Phi) is 4.76. The van der Waals surface area contributed by atoms with E-state index >= 15 is 0 Å². The largest absolute Gasteiger partial charge is 0.389 e. The van der Waals surface area contributed by atoms with E-state index in [2.05, 4.69) is 5.32 Å². The summed E-state index contributed by atoms with van der Waals surface area (Å²) in [5.41, 5.74) is 6.39. The molecule has 1 aromatic carbocycles. The van der Waals surface area contributed by atoms with E-state index in [0.717, 1.165) is 25.0 Å². The summed E-state index contributed by atoms with van der Waals surface area (Å²) in [5.74, 6) is 0.519. The van der Waals surface area contributed by atoms with Crippen LogP contribution < -0.4 is 11.1 Å². The Morgan fingerprint density at radius 3 is 2.89 bits per heavy atom. The Balaban J connectivity index is 2.13. The number of anilines is 1. The fourth-order valence-electron chi connectivity index (χ4n) is 1.99. The van der Waals surface area contributed by atoms with Gasteiger partial charge >= 0.3 is 0 Å². The van der Waals surface area contributed by atoms with Gasteiger partial charge in [0.15, 0.2) is 0 Å². The number of amides is 1. The van der Waals surface area contributed by atoms with E-state index in [0.29, 0.717) is 11.3 Å². The lowest BCUT2D eigenvalue weighted by atomic mass is 10.1. The van der Waals surface area contributed by atoms with E-state index in [1.165, 1.54) is 18.2 Å². The van der Waals surface area contributed by atoms with Crippen LogP contribution in [0.2, 0.25) is 0 Å². The van der Waals surface area contributed by atoms with Crippen molar-refractivity contribution >= 4 is 40.6 Å². The first-order valence-electron chi connectivity index (χ1n) is 6.10. The Bertz CT molecular complexity index is 501. The third-order valence-corrected chi connectivity index (χ3v) is 4.57. The fraction of sp³-hybridized carbons (Fsp3) is 0.385. The summed E-state index contributed by atoms with van der Waals surface area (Å²) in [6.45, 7) is 0. The fourth-order valence-corrected chi connectivity index (χ4v) is 3.36. The molecule has 0 aliphatic carbocycles. The van der Waals surface area contributed by atoms with E-state index in [4.69, 9.17) is 18.0 Å². The molecular formula is C13H15FN2OS2. The SMILES string of the molecule is NC(=S)c1cc(F)ccc1NC(=O)C1CCCCS1. The molecule has 1 aliphatic heterocycles. The van der Waals surface area contributed by atoms with Crippen molar-refractivity contribution in [2.45, 2.75) is 24.5 Å². The molecule has 1 aromatic rings. The van der Waals surface area contributed by atoms with E-state index in [9.17, 15) is 9.18 Å². The van der Waals surface area contributed by atoms with Crippen LogP contribution in [0.15, 0.2) is 18.2 Å². The zero-order valence-corrected chi connectivity index (χ0v) is 12.0. The first-order valence-corrected chi connectivity index (χ1v) is 7.55. The van der Waals surface area contributed by atoms with Crippen molar-refractivity contribution in [1.82, 2.24) is 0 Å². The number of hydrogen-bond donors (Lipinski definition) is 2. The lowest BCUT2D eigenvalue weighted by Gasteiger charge is -2.21. The predicted molar refractivity (Wildman–Crippen MR) is 81.0 cm³/mol. The van der Waals surface area contributed by atoms with E-state index in [1.54, 1.807) is 11.8 Å². The maximum absolute atomic E-state index is 13.2. The van der Waals surface area contributed by atoms with Crippen LogP contribution in [0, 0.1) is 5.82 Å². The van der Waals surface area contributed by atoms with Gasteiger partial charge in [-0.2, -0.15) is 0 Å². The predicted octanol–water partition coefficient (Wildman–Crippen LogP) is 2.68. The molecule has 1 unspecified atom stereocenters. The highest BCUT2D eigenvalue weighted by atomic mass is 32.2. The molecule has 0 bridgehead atoms. The monoisotopic (exact) mass is 298 g/mol. The number of halogens is 1. The van der Waals surface area contributed by atoms with Crippen molar-refractivity contribution in [3.8, 4) is 0 Å². The molecule has 3 N–H and O–H groups in total. The highest BCUT2D eigenvalue weighted by Crippen LogP contribution is 2.27. The van der Waals surface area contributed by atoms with Crippen molar-refractivity contribution < 1.29 is 9.18 Å². The second kappa shape index (κ2) is 6.34. The number of nitrogens with one attached hydrogen (secondary N) is 1. The van der Waals surface area contributed by atoms with E-state index < -0.39 is 5.82 Å². The standard InChI is InChI=1S/C13H15FN2OS2/c14-8-4-5-10(9(7-8)12(15)18)16-13(17)11-3-1-2-6-19-11/h4-5,7,11H,1-3,6H2,(H2,15,18)(H,16,17). The minimum atomic E-state index is -0.423. The molecule has 19 heavy (non-hydrogen) atoms. The van der Waals surface area contributed by atoms with Crippen molar-refractivity contribution in [1.29, 1.82) is 0 Å². The van der Waals surface area contributed by atoms with Crippen LogP contribution in [-0.2, 0) is 4.79 Å². The van der Waals surface area contributed by atoms with Gasteiger partial charge in [0.1, 0.15) is 10.8 Å². The topological polar surface area (TPSA) is 55.1 Å². The summed E-state index contributed by atoms with van der Waals surface area (Å²) in [6, 6.07) is 4.02. The molecule has 0 aromatic heterocycles. The quantitative estimate of drug-likeness (QED) is 0.843. The Hall–Kier alpha value is -1.14. The number of hydrogen-bond acceptors (Lipinski definition) is 3. The summed E-state index contributed by atoms with van der Waals surface area (Å²) in [7, 11) is 0. The van der Waals surface area contributed by atoms with Gasteiger partial charge in [0.2, 0.25) is 5.91 Å². The molecule has 3 nitrogen and oxygen atoms in total. The first-order chi connectivity index (χ1) is 9.08. The average molecular weight is 298 g/mol. The van der Waals surface area contributed by atoms with Crippen LogP contribution in [0.3, 0.4) is 0 Å². The summed E-state index contributed by atoms with van der Waals surface area (Å²) in [6.07, 6.45) is 3.10. The summed E-state index contributed by atoms with van der Waals surface area (Å²) in [4.78, 5) is 12.2. The third kappa shape index (κ3) is 3.67. The van der Waals surface area contributed by atoms with Crippen molar-refractivity contribution in [2.75, 3.05) is 11.1 Å². The van der Waals surface area contributed by atoms with Gasteiger partial charge < -0.3 is 11.1 Å². The summed E-state index contributed by atoms with van der Waals surface area (Å²) < 4.78 is 13.2. The smallest absolute Gasteiger partial charge is 0.237 e. The molecule has 1 saturated heterocycles. The maximum Gasteiger partial charge on any atom is 0.237 e. The highest BCUT2D eigenvalue weighted by molar-refractivity contribution is 8.00. The lowest BCUT2D eigenvalue weighted by Crippen LogP contribution is -2.28. The normalized spacial score (nSPS) is 18.9. The second-order valence-corrected chi connectivity index (χ2v) is 6.15. The molecule has 1 aliphatic rings. The van der Waals surface area contributed by atoms with E-state index in [1.807, 2.05) is 0 Å². The number of carbonyl (C=O) groups is 1. The number of benzene rings is 1. The average Bonchev–Trinajstić information content (AvgIpc) is 2.41. The van der Waals surface area contributed by atoms with Gasteiger partial charge in [0.05, 0.1) is 10.9 Å². The highest BCUT2D eigenvalue weighted by Gasteiger charge is 2.22. The zero-order valence-electron chi connectivity index (χ0n) is 10.3. The van der Waals surface area contributed by atoms with Gasteiger partial charge in [-0.3, -0.25) is 4.79 Å². The van der Waals surface area contributed by atoms with Gasteiger partial charge in [0, 0.05) is 5.56 Å². The van der Waals surface area contributed by atoms with Crippen molar-refractivity contribution in [2.24, 2.45) is 5.73 Å². The molecule has 0 spiro atoms. The molecule has 2 rings (SSSR count). The van der Waals surface area contributed by atoms with Gasteiger partial charge in [-0.15, -0.1) is 11.8 Å². The minimum absolute atomic E-state index is 0.0435. The Morgan fingerprint density at radius 1 is 1.47 bits per heavy atom.